The number of hydrogen-bond donors (Lipinski definition) is 2. The molecule has 1 unspecified atom stereocenters. The topological polar surface area (TPSA) is 81.1 Å². The molecule has 0 spiro atoms. The zero-order valence-corrected chi connectivity index (χ0v) is 21.2. The third kappa shape index (κ3) is 7.23. The largest absolute Gasteiger partial charge is 0.477 e. The number of thiophene rings is 2. The number of carboxylic acid groups (broad SMARTS) is 1. The van der Waals surface area contributed by atoms with Gasteiger partial charge in [-0.05, 0) is 71.3 Å². The molecular formula is C26H24N2O4S3. The van der Waals surface area contributed by atoms with Crippen LogP contribution < -0.4 is 0 Å². The molecule has 4 rings (SSSR count). The molecule has 2 aromatic heterocycles. The summed E-state index contributed by atoms with van der Waals surface area (Å²) >= 11 is 3.96. The lowest BCUT2D eigenvalue weighted by atomic mass is 10.0. The first kappa shape index (κ1) is 25.1. The summed E-state index contributed by atoms with van der Waals surface area (Å²) in [6.07, 6.45) is 2.84. The smallest absolute Gasteiger partial charge is 0.345 e. The quantitative estimate of drug-likeness (QED) is 0.370. The lowest BCUT2D eigenvalue weighted by Crippen LogP contribution is -2.45. The number of carboxylic acids is 1. The fraction of sp³-hybridized carbons (Fsp3) is 0.231. The Morgan fingerprint density at radius 2 is 1.94 bits per heavy atom. The number of benzene rings is 1. The highest BCUT2D eigenvalue weighted by atomic mass is 32.2. The number of amides is 1. The fourth-order valence-corrected chi connectivity index (χ4v) is 5.63. The van der Waals surface area contributed by atoms with Crippen LogP contribution in [0.5, 0.6) is 0 Å². The van der Waals surface area contributed by atoms with Crippen LogP contribution in [-0.2, 0) is 12.8 Å². The number of carbonyl (C=O) groups is 2. The minimum Gasteiger partial charge on any atom is -0.477 e. The second kappa shape index (κ2) is 12.1. The monoisotopic (exact) mass is 524 g/mol. The average molecular weight is 525 g/mol. The van der Waals surface area contributed by atoms with Gasteiger partial charge in [0.2, 0.25) is 0 Å². The van der Waals surface area contributed by atoms with Crippen molar-refractivity contribution in [3.63, 3.8) is 0 Å². The molecule has 0 fully saturated rings. The van der Waals surface area contributed by atoms with Gasteiger partial charge in [0.25, 0.3) is 0 Å². The number of hydrogen-bond acceptors (Lipinski definition) is 7. The van der Waals surface area contributed by atoms with E-state index in [1.54, 1.807) is 33.9 Å². The van der Waals surface area contributed by atoms with Crippen LogP contribution in [0.2, 0.25) is 0 Å². The van der Waals surface area contributed by atoms with E-state index in [1.807, 2.05) is 52.3 Å². The van der Waals surface area contributed by atoms with Crippen LogP contribution >= 0.6 is 34.4 Å². The van der Waals surface area contributed by atoms with Gasteiger partial charge in [0.1, 0.15) is 4.88 Å². The van der Waals surface area contributed by atoms with Gasteiger partial charge in [-0.3, -0.25) is 9.80 Å². The highest BCUT2D eigenvalue weighted by Gasteiger charge is 2.23. The van der Waals surface area contributed by atoms with Crippen LogP contribution in [-0.4, -0.2) is 50.6 Å². The lowest BCUT2D eigenvalue weighted by molar-refractivity contribution is 0.0548. The summed E-state index contributed by atoms with van der Waals surface area (Å²) in [4.78, 5) is 24.8. The average Bonchev–Trinajstić information content (AvgIpc) is 3.53. The number of carbonyl (C=O) groups excluding carboxylic acids is 1. The van der Waals surface area contributed by atoms with Crippen molar-refractivity contribution in [3.8, 4) is 11.8 Å². The molecule has 0 aliphatic carbocycles. The van der Waals surface area contributed by atoms with Gasteiger partial charge < -0.3 is 10.2 Å². The van der Waals surface area contributed by atoms with Gasteiger partial charge in [0, 0.05) is 47.1 Å². The molecule has 6 nitrogen and oxygen atoms in total. The summed E-state index contributed by atoms with van der Waals surface area (Å²) < 4.78 is 0. The van der Waals surface area contributed by atoms with Crippen LogP contribution in [0, 0.1) is 11.8 Å². The highest BCUT2D eigenvalue weighted by Crippen LogP contribution is 2.23. The van der Waals surface area contributed by atoms with Crippen LogP contribution in [0.3, 0.4) is 0 Å². The van der Waals surface area contributed by atoms with Gasteiger partial charge in [-0.15, -0.1) is 11.3 Å². The Labute approximate surface area is 216 Å². The third-order valence-electron chi connectivity index (χ3n) is 5.33. The van der Waals surface area contributed by atoms with Crippen molar-refractivity contribution in [1.29, 1.82) is 0 Å². The molecule has 0 radical (unpaired) electrons. The molecule has 0 saturated heterocycles. The Morgan fingerprint density at radius 1 is 1.09 bits per heavy atom. The standard InChI is InChI=1S/C26H24N2O4S3/c29-22(17-21-3-1-2-19(16-21)4-5-20-10-14-33-18-20)8-11-27-13-15-34-26(32)28(27)12-9-23-6-7-24(35-23)25(30)31/h1-3,6-7,10,13-16,18,22,29H,8-9,11-12,17H2,(H,30,31). The zero-order valence-electron chi connectivity index (χ0n) is 18.8. The Bertz CT molecular complexity index is 1260. The van der Waals surface area contributed by atoms with Crippen molar-refractivity contribution in [3.05, 3.63) is 91.3 Å². The van der Waals surface area contributed by atoms with Gasteiger partial charge in [0.05, 0.1) is 6.10 Å². The van der Waals surface area contributed by atoms with E-state index in [9.17, 15) is 14.7 Å². The van der Waals surface area contributed by atoms with E-state index in [0.29, 0.717) is 37.2 Å². The number of aliphatic hydroxyl groups is 1. The van der Waals surface area contributed by atoms with Crippen molar-refractivity contribution < 1.29 is 19.8 Å². The first-order valence-electron chi connectivity index (χ1n) is 11.0. The number of nitrogens with zero attached hydrogens (tertiary/aromatic N) is 2. The van der Waals surface area contributed by atoms with E-state index >= 15 is 0 Å². The van der Waals surface area contributed by atoms with E-state index in [-0.39, 0.29) is 5.24 Å². The maximum Gasteiger partial charge on any atom is 0.345 e. The zero-order chi connectivity index (χ0) is 24.6. The minimum atomic E-state index is -0.940. The van der Waals surface area contributed by atoms with Crippen molar-refractivity contribution in [2.24, 2.45) is 0 Å². The molecule has 1 aromatic carbocycles. The maximum absolute atomic E-state index is 12.5. The van der Waals surface area contributed by atoms with Gasteiger partial charge in [-0.25, -0.2) is 9.80 Å². The molecule has 0 saturated carbocycles. The number of thioether (sulfide) groups is 1. The first-order chi connectivity index (χ1) is 17.0. The predicted octanol–water partition coefficient (Wildman–Crippen LogP) is 5.30. The molecule has 180 valence electrons. The molecule has 9 heteroatoms. The maximum atomic E-state index is 12.5. The van der Waals surface area contributed by atoms with Crippen molar-refractivity contribution >= 4 is 45.6 Å². The number of aromatic carboxylic acids is 1. The lowest BCUT2D eigenvalue weighted by Gasteiger charge is -2.36. The molecule has 1 atom stereocenters. The van der Waals surface area contributed by atoms with E-state index in [4.69, 9.17) is 5.11 Å². The van der Waals surface area contributed by atoms with Crippen molar-refractivity contribution in [2.75, 3.05) is 13.1 Å². The first-order valence-corrected chi connectivity index (χ1v) is 13.7. The minimum absolute atomic E-state index is 0.0890. The van der Waals surface area contributed by atoms with Crippen molar-refractivity contribution in [1.82, 2.24) is 10.0 Å². The summed E-state index contributed by atoms with van der Waals surface area (Å²) in [6.45, 7) is 0.934. The normalized spacial score (nSPS) is 14.0. The number of rotatable bonds is 9. The van der Waals surface area contributed by atoms with Crippen LogP contribution in [0.15, 0.2) is 64.8 Å². The summed E-state index contributed by atoms with van der Waals surface area (Å²) in [6, 6.07) is 13.3. The van der Waals surface area contributed by atoms with Gasteiger partial charge in [-0.1, -0.05) is 24.0 Å². The highest BCUT2D eigenvalue weighted by molar-refractivity contribution is 8.16. The summed E-state index contributed by atoms with van der Waals surface area (Å²) in [5, 5.41) is 28.9. The van der Waals surface area contributed by atoms with Crippen LogP contribution in [0.4, 0.5) is 4.79 Å². The van der Waals surface area contributed by atoms with E-state index in [2.05, 4.69) is 11.8 Å². The van der Waals surface area contributed by atoms with Gasteiger partial charge in [0.15, 0.2) is 0 Å². The Morgan fingerprint density at radius 3 is 2.71 bits per heavy atom. The van der Waals surface area contributed by atoms with Gasteiger partial charge in [-0.2, -0.15) is 11.3 Å². The van der Waals surface area contributed by atoms with Crippen LogP contribution in [0.25, 0.3) is 0 Å². The summed E-state index contributed by atoms with van der Waals surface area (Å²) in [5.41, 5.74) is 2.92. The Hall–Kier alpha value is -3.03. The third-order valence-corrected chi connectivity index (χ3v) is 7.81. The molecule has 3 heterocycles. The second-order valence-corrected chi connectivity index (χ2v) is 10.7. The second-order valence-electron chi connectivity index (χ2n) is 7.89. The summed E-state index contributed by atoms with van der Waals surface area (Å²) in [7, 11) is 0. The Balaban J connectivity index is 1.31. The molecular weight excluding hydrogens is 500 g/mol. The van der Waals surface area contributed by atoms with Crippen LogP contribution in [0.1, 0.15) is 37.7 Å². The summed E-state index contributed by atoms with van der Waals surface area (Å²) in [5.74, 6) is 5.37. The van der Waals surface area contributed by atoms with Crippen molar-refractivity contribution in [2.45, 2.75) is 25.4 Å². The number of aliphatic hydroxyl groups excluding tert-OH is 1. The van der Waals surface area contributed by atoms with E-state index in [0.717, 1.165) is 33.3 Å². The molecule has 35 heavy (non-hydrogen) atoms. The van der Waals surface area contributed by atoms with Gasteiger partial charge >= 0.3 is 11.2 Å². The molecule has 2 N–H and O–H groups in total. The predicted molar refractivity (Wildman–Crippen MR) is 142 cm³/mol. The molecule has 1 aliphatic heterocycles. The fourth-order valence-electron chi connectivity index (χ4n) is 3.57. The molecule has 1 amide bonds. The molecule has 1 aliphatic rings. The molecule has 0 bridgehead atoms. The van der Waals surface area contributed by atoms with E-state index < -0.39 is 12.1 Å². The Kier molecular flexibility index (Phi) is 8.66. The molecule has 3 aromatic rings. The van der Waals surface area contributed by atoms with E-state index in [1.165, 1.54) is 11.3 Å². The SMILES string of the molecule is O=C(O)c1ccc(CCN2C(=O)SC=CN2CCC(O)Cc2cccc(C#Cc3ccsc3)c2)s1. The number of hydrazine groups is 1.